The highest BCUT2D eigenvalue weighted by atomic mass is 19.1. The van der Waals surface area contributed by atoms with Crippen LogP contribution in [0.3, 0.4) is 0 Å². The molecule has 114 valence electrons. The average Bonchev–Trinajstić information content (AvgIpc) is 2.38. The van der Waals surface area contributed by atoms with Crippen molar-refractivity contribution < 1.29 is 33.7 Å². The molecule has 0 saturated heterocycles. The first-order valence-corrected chi connectivity index (χ1v) is 5.94. The van der Waals surface area contributed by atoms with Crippen LogP contribution in [0.15, 0.2) is 24.3 Å². The van der Waals surface area contributed by atoms with Crippen molar-refractivity contribution in [1.82, 2.24) is 4.90 Å². The molecule has 1 aromatic rings. The summed E-state index contributed by atoms with van der Waals surface area (Å²) >= 11 is 0. The van der Waals surface area contributed by atoms with Gasteiger partial charge in [-0.15, -0.1) is 0 Å². The second-order valence-corrected chi connectivity index (χ2v) is 4.20. The second-order valence-electron chi connectivity index (χ2n) is 4.20. The molecule has 0 bridgehead atoms. The number of ether oxygens (including phenoxy) is 1. The Labute approximate surface area is 119 Å². The molecule has 7 nitrogen and oxygen atoms in total. The minimum Gasteiger partial charge on any atom is -0.481 e. The Kier molecular flexibility index (Phi) is 5.65. The summed E-state index contributed by atoms with van der Waals surface area (Å²) in [4.78, 5) is 33.9. The van der Waals surface area contributed by atoms with Gasteiger partial charge in [0.2, 0.25) is 0 Å². The Hall–Kier alpha value is -2.64. The Bertz CT molecular complexity index is 514. The number of aliphatic carboxylic acids is 2. The predicted molar refractivity (Wildman–Crippen MR) is 68.3 cm³/mol. The minimum atomic E-state index is -1.33. The van der Waals surface area contributed by atoms with E-state index in [2.05, 4.69) is 0 Å². The maximum absolute atomic E-state index is 12.7. The molecule has 1 atom stereocenters. The lowest BCUT2D eigenvalue weighted by atomic mass is 10.3. The van der Waals surface area contributed by atoms with E-state index in [-0.39, 0.29) is 5.75 Å². The summed E-state index contributed by atoms with van der Waals surface area (Å²) < 4.78 is 18.0. The first-order chi connectivity index (χ1) is 9.79. The lowest BCUT2D eigenvalue weighted by molar-refractivity contribution is -0.152. The van der Waals surface area contributed by atoms with Crippen LogP contribution in [-0.2, 0) is 14.4 Å². The van der Waals surface area contributed by atoms with Crippen molar-refractivity contribution >= 4 is 17.8 Å². The van der Waals surface area contributed by atoms with Gasteiger partial charge in [-0.1, -0.05) is 0 Å². The summed E-state index contributed by atoms with van der Waals surface area (Å²) in [6.45, 7) is -0.146. The molecule has 0 radical (unpaired) electrons. The molecule has 1 rings (SSSR count). The van der Waals surface area contributed by atoms with Crippen molar-refractivity contribution in [2.75, 3.05) is 13.1 Å². The van der Waals surface area contributed by atoms with Gasteiger partial charge in [0.15, 0.2) is 6.10 Å². The molecule has 8 heteroatoms. The predicted octanol–water partition coefficient (Wildman–Crippen LogP) is 0.591. The van der Waals surface area contributed by atoms with Crippen molar-refractivity contribution in [3.8, 4) is 5.75 Å². The highest BCUT2D eigenvalue weighted by Gasteiger charge is 2.25. The lowest BCUT2D eigenvalue weighted by Crippen LogP contribution is -2.45. The zero-order valence-electron chi connectivity index (χ0n) is 11.2. The molecule has 0 aliphatic carbocycles. The van der Waals surface area contributed by atoms with E-state index in [0.29, 0.717) is 4.90 Å². The van der Waals surface area contributed by atoms with Crippen LogP contribution in [0.4, 0.5) is 4.39 Å². The van der Waals surface area contributed by atoms with Gasteiger partial charge in [0.25, 0.3) is 5.91 Å². The van der Waals surface area contributed by atoms with E-state index in [4.69, 9.17) is 14.9 Å². The first kappa shape index (κ1) is 16.4. The van der Waals surface area contributed by atoms with E-state index in [1.807, 2.05) is 0 Å². The monoisotopic (exact) mass is 299 g/mol. The molecule has 2 N–H and O–H groups in total. The van der Waals surface area contributed by atoms with Gasteiger partial charge in [0.1, 0.15) is 24.7 Å². The van der Waals surface area contributed by atoms with Crippen LogP contribution in [0.5, 0.6) is 5.75 Å². The topological polar surface area (TPSA) is 104 Å². The third-order valence-electron chi connectivity index (χ3n) is 2.44. The fourth-order valence-corrected chi connectivity index (χ4v) is 1.56. The molecule has 0 aliphatic heterocycles. The van der Waals surface area contributed by atoms with Crippen molar-refractivity contribution in [3.63, 3.8) is 0 Å². The summed E-state index contributed by atoms with van der Waals surface area (Å²) in [5.74, 6) is -3.72. The smallest absolute Gasteiger partial charge is 0.323 e. The van der Waals surface area contributed by atoms with Gasteiger partial charge in [0, 0.05) is 0 Å². The number of benzene rings is 1. The maximum Gasteiger partial charge on any atom is 0.323 e. The Morgan fingerprint density at radius 2 is 1.62 bits per heavy atom. The largest absolute Gasteiger partial charge is 0.481 e. The van der Waals surface area contributed by atoms with Crippen LogP contribution in [0.1, 0.15) is 6.92 Å². The van der Waals surface area contributed by atoms with E-state index >= 15 is 0 Å². The third kappa shape index (κ3) is 5.47. The van der Waals surface area contributed by atoms with Crippen molar-refractivity contribution in [2.24, 2.45) is 0 Å². The molecular weight excluding hydrogens is 285 g/mol. The van der Waals surface area contributed by atoms with Crippen molar-refractivity contribution in [3.05, 3.63) is 30.1 Å². The molecular formula is C13H14FNO6. The highest BCUT2D eigenvalue weighted by Crippen LogP contribution is 2.14. The quantitative estimate of drug-likeness (QED) is 0.763. The highest BCUT2D eigenvalue weighted by molar-refractivity contribution is 5.87. The summed E-state index contributed by atoms with van der Waals surface area (Å²) in [6, 6.07) is 4.88. The standard InChI is InChI=1S/C13H14FNO6/c1-8(21-10-4-2-9(14)3-5-10)13(20)15(6-11(16)17)7-12(18)19/h2-5,8H,6-7H2,1H3,(H,16,17)(H,18,19). The third-order valence-corrected chi connectivity index (χ3v) is 2.44. The van der Waals surface area contributed by atoms with E-state index in [9.17, 15) is 18.8 Å². The van der Waals surface area contributed by atoms with Crippen LogP contribution < -0.4 is 4.74 Å². The fraction of sp³-hybridized carbons (Fsp3) is 0.308. The number of carbonyl (C=O) groups excluding carboxylic acids is 1. The van der Waals surface area contributed by atoms with Gasteiger partial charge in [-0.3, -0.25) is 14.4 Å². The van der Waals surface area contributed by atoms with Crippen LogP contribution >= 0.6 is 0 Å². The second kappa shape index (κ2) is 7.22. The number of carboxylic acid groups (broad SMARTS) is 2. The number of hydrogen-bond donors (Lipinski definition) is 2. The zero-order valence-corrected chi connectivity index (χ0v) is 11.2. The number of carbonyl (C=O) groups is 3. The molecule has 0 heterocycles. The Morgan fingerprint density at radius 1 is 1.14 bits per heavy atom. The van der Waals surface area contributed by atoms with E-state index in [1.165, 1.54) is 19.1 Å². The molecule has 0 fully saturated rings. The van der Waals surface area contributed by atoms with Gasteiger partial charge >= 0.3 is 11.9 Å². The first-order valence-electron chi connectivity index (χ1n) is 5.94. The van der Waals surface area contributed by atoms with Crippen molar-refractivity contribution in [2.45, 2.75) is 13.0 Å². The molecule has 1 unspecified atom stereocenters. The summed E-state index contributed by atoms with van der Waals surface area (Å²) in [6.07, 6.45) is -1.10. The van der Waals surface area contributed by atoms with Crippen LogP contribution in [0.25, 0.3) is 0 Å². The van der Waals surface area contributed by atoms with E-state index in [0.717, 1.165) is 12.1 Å². The Balaban J connectivity index is 2.74. The summed E-state index contributed by atoms with van der Waals surface area (Å²) in [5.41, 5.74) is 0. The molecule has 0 aromatic heterocycles. The van der Waals surface area contributed by atoms with Gasteiger partial charge in [-0.25, -0.2) is 4.39 Å². The van der Waals surface area contributed by atoms with Gasteiger partial charge in [-0.2, -0.15) is 0 Å². The number of carboxylic acids is 2. The molecule has 0 aliphatic rings. The number of halogens is 1. The lowest BCUT2D eigenvalue weighted by Gasteiger charge is -2.23. The zero-order chi connectivity index (χ0) is 16.0. The number of amides is 1. The molecule has 1 amide bonds. The molecule has 1 aromatic carbocycles. The van der Waals surface area contributed by atoms with Gasteiger partial charge in [-0.05, 0) is 31.2 Å². The van der Waals surface area contributed by atoms with Crippen LogP contribution in [0, 0.1) is 5.82 Å². The van der Waals surface area contributed by atoms with E-state index in [1.54, 1.807) is 0 Å². The fourth-order valence-electron chi connectivity index (χ4n) is 1.56. The van der Waals surface area contributed by atoms with Gasteiger partial charge in [0.05, 0.1) is 0 Å². The molecule has 0 saturated carbocycles. The summed E-state index contributed by atoms with van der Waals surface area (Å²) in [5, 5.41) is 17.4. The van der Waals surface area contributed by atoms with Crippen LogP contribution in [-0.4, -0.2) is 52.2 Å². The number of hydrogen-bond acceptors (Lipinski definition) is 4. The number of rotatable bonds is 7. The van der Waals surface area contributed by atoms with Gasteiger partial charge < -0.3 is 19.8 Å². The Morgan fingerprint density at radius 3 is 2.05 bits per heavy atom. The molecule has 21 heavy (non-hydrogen) atoms. The average molecular weight is 299 g/mol. The minimum absolute atomic E-state index is 0.211. The van der Waals surface area contributed by atoms with E-state index < -0.39 is 42.9 Å². The number of nitrogens with zero attached hydrogens (tertiary/aromatic N) is 1. The van der Waals surface area contributed by atoms with Crippen LogP contribution in [0.2, 0.25) is 0 Å². The normalized spacial score (nSPS) is 11.5. The summed E-state index contributed by atoms with van der Waals surface area (Å²) in [7, 11) is 0. The maximum atomic E-state index is 12.7. The van der Waals surface area contributed by atoms with Crippen molar-refractivity contribution in [1.29, 1.82) is 0 Å². The molecule has 0 spiro atoms. The SMILES string of the molecule is CC(Oc1ccc(F)cc1)C(=O)N(CC(=O)O)CC(=O)O.